The zero-order chi connectivity index (χ0) is 24.0. The number of nitrogens with zero attached hydrogens (tertiary/aromatic N) is 4. The van der Waals surface area contributed by atoms with Gasteiger partial charge < -0.3 is 26.9 Å². The van der Waals surface area contributed by atoms with E-state index in [1.54, 1.807) is 18.3 Å². The van der Waals surface area contributed by atoms with Crippen molar-refractivity contribution in [3.63, 3.8) is 0 Å². The maximum Gasteiger partial charge on any atom is 0.291 e. The van der Waals surface area contributed by atoms with Crippen LogP contribution in [0.1, 0.15) is 21.7 Å². The van der Waals surface area contributed by atoms with Gasteiger partial charge in [0.15, 0.2) is 5.65 Å². The Hall–Kier alpha value is -4.22. The predicted octanol–water partition coefficient (Wildman–Crippen LogP) is 2.43. The van der Waals surface area contributed by atoms with Crippen molar-refractivity contribution in [1.82, 2.24) is 19.3 Å². The molecule has 34 heavy (non-hydrogen) atoms. The van der Waals surface area contributed by atoms with Crippen LogP contribution in [0.5, 0.6) is 0 Å². The molecule has 0 spiro atoms. The van der Waals surface area contributed by atoms with Gasteiger partial charge in [-0.05, 0) is 23.3 Å². The molecule has 10 nitrogen and oxygen atoms in total. The van der Waals surface area contributed by atoms with Gasteiger partial charge in [0, 0.05) is 36.3 Å². The third kappa shape index (κ3) is 3.38. The summed E-state index contributed by atoms with van der Waals surface area (Å²) < 4.78 is 4.10. The van der Waals surface area contributed by atoms with E-state index in [0.717, 1.165) is 31.9 Å². The third-order valence-corrected chi connectivity index (χ3v) is 7.04. The van der Waals surface area contributed by atoms with Crippen LogP contribution in [-0.4, -0.2) is 25.5 Å². The average molecular weight is 474 g/mol. The van der Waals surface area contributed by atoms with Crippen molar-refractivity contribution < 1.29 is 0 Å². The summed E-state index contributed by atoms with van der Waals surface area (Å²) in [4.78, 5) is 18.1. The van der Waals surface area contributed by atoms with Crippen molar-refractivity contribution in [2.45, 2.75) is 13.0 Å². The molecule has 0 amide bonds. The van der Waals surface area contributed by atoms with Gasteiger partial charge in [-0.1, -0.05) is 24.3 Å². The van der Waals surface area contributed by atoms with Gasteiger partial charge in [-0.15, -0.1) is 11.3 Å². The number of para-hydroxylation sites is 1. The van der Waals surface area contributed by atoms with Gasteiger partial charge in [0.1, 0.15) is 10.5 Å². The molecular weight excluding hydrogens is 450 g/mol. The van der Waals surface area contributed by atoms with Crippen molar-refractivity contribution in [2.24, 2.45) is 12.9 Å². The number of nitrogens with two attached hydrogens (primary N) is 3. The molecule has 0 fully saturated rings. The van der Waals surface area contributed by atoms with E-state index in [-0.39, 0.29) is 12.1 Å². The lowest BCUT2D eigenvalue weighted by atomic mass is 10.1. The van der Waals surface area contributed by atoms with Crippen molar-refractivity contribution >= 4 is 55.9 Å². The highest BCUT2D eigenvalue weighted by molar-refractivity contribution is 7.19. The molecule has 172 valence electrons. The smallest absolute Gasteiger partial charge is 0.291 e. The minimum Gasteiger partial charge on any atom is -0.398 e. The fraction of sp³-hybridized carbons (Fsp3) is 0.130. The molecule has 0 unspecified atom stereocenters. The van der Waals surface area contributed by atoms with Crippen LogP contribution in [-0.2, 0) is 20.0 Å². The summed E-state index contributed by atoms with van der Waals surface area (Å²) in [6.45, 7) is 0.215. The second kappa shape index (κ2) is 8.28. The number of anilines is 3. The summed E-state index contributed by atoms with van der Waals surface area (Å²) >= 11 is 1.52. The van der Waals surface area contributed by atoms with E-state index in [1.807, 2.05) is 35.9 Å². The van der Waals surface area contributed by atoms with Gasteiger partial charge in [-0.2, -0.15) is 5.10 Å². The van der Waals surface area contributed by atoms with Crippen molar-refractivity contribution in [3.8, 4) is 0 Å². The lowest BCUT2D eigenvalue weighted by Crippen LogP contribution is -2.25. The first-order chi connectivity index (χ1) is 16.4. The first-order valence-corrected chi connectivity index (χ1v) is 11.3. The largest absolute Gasteiger partial charge is 0.398 e. The fourth-order valence-corrected chi connectivity index (χ4v) is 5.31. The molecular formula is C23H23N9OS. The quantitative estimate of drug-likeness (QED) is 0.109. The van der Waals surface area contributed by atoms with E-state index in [4.69, 9.17) is 27.7 Å². The maximum atomic E-state index is 13.3. The van der Waals surface area contributed by atoms with Gasteiger partial charge >= 0.3 is 0 Å². The van der Waals surface area contributed by atoms with Gasteiger partial charge in [0.2, 0.25) is 0 Å². The van der Waals surface area contributed by atoms with Crippen LogP contribution in [0.2, 0.25) is 0 Å². The number of hydrazine groups is 1. The Morgan fingerprint density at radius 3 is 2.71 bits per heavy atom. The number of fused-ring (bicyclic) bond motifs is 3. The molecule has 0 saturated heterocycles. The second-order valence-corrected chi connectivity index (χ2v) is 9.04. The van der Waals surface area contributed by atoms with Crippen LogP contribution in [0, 0.1) is 5.41 Å². The number of aromatic nitrogens is 4. The Kier molecular flexibility index (Phi) is 5.27. The number of thiazole rings is 1. The number of nitrogen functional groups attached to an aromatic ring is 3. The number of rotatable bonds is 6. The summed E-state index contributed by atoms with van der Waals surface area (Å²) in [5.74, 6) is 5.54. The zero-order valence-electron chi connectivity index (χ0n) is 18.4. The molecule has 11 heteroatoms. The van der Waals surface area contributed by atoms with E-state index in [9.17, 15) is 4.79 Å². The SMILES string of the molecule is Cn1c2nc(Cc3cccc(NN)c3N)sc2c2cnn(Cc3cccc(N)c3C=N)c(=O)c21. The van der Waals surface area contributed by atoms with E-state index >= 15 is 0 Å². The molecule has 2 aromatic carbocycles. The van der Waals surface area contributed by atoms with E-state index < -0.39 is 0 Å². The molecule has 5 aromatic rings. The average Bonchev–Trinajstić information content (AvgIpc) is 3.35. The maximum absolute atomic E-state index is 13.3. The van der Waals surface area contributed by atoms with Crippen LogP contribution in [0.25, 0.3) is 21.3 Å². The normalized spacial score (nSPS) is 11.4. The Morgan fingerprint density at radius 2 is 1.94 bits per heavy atom. The Balaban J connectivity index is 1.55. The van der Waals surface area contributed by atoms with Crippen molar-refractivity contribution in [3.05, 3.63) is 74.6 Å². The Bertz CT molecular complexity index is 1630. The molecule has 3 aromatic heterocycles. The zero-order valence-corrected chi connectivity index (χ0v) is 19.2. The molecule has 0 bridgehead atoms. The summed E-state index contributed by atoms with van der Waals surface area (Å²) in [7, 11) is 1.83. The van der Waals surface area contributed by atoms with Crippen LogP contribution in [0.3, 0.4) is 0 Å². The molecule has 0 aliphatic rings. The van der Waals surface area contributed by atoms with Gasteiger partial charge in [-0.3, -0.25) is 10.6 Å². The molecule has 0 saturated carbocycles. The van der Waals surface area contributed by atoms with Gasteiger partial charge in [0.05, 0.1) is 28.8 Å². The van der Waals surface area contributed by atoms with E-state index in [0.29, 0.717) is 34.6 Å². The molecule has 0 aliphatic carbocycles. The number of hydrogen-bond acceptors (Lipinski definition) is 9. The second-order valence-electron chi connectivity index (χ2n) is 7.95. The summed E-state index contributed by atoms with van der Waals surface area (Å²) in [5, 5.41) is 13.7. The number of aryl methyl sites for hydroxylation is 1. The standard InChI is InChI=1S/C23H23N9OS/c1-31-20-15(10-28-32(23(20)33)11-13-5-2-6-16(25)14(13)9-24)21-22(31)29-18(34-21)8-12-4-3-7-17(30-27)19(12)26/h2-7,9-10,24,30H,8,11,25-27H2,1H3. The van der Waals surface area contributed by atoms with Crippen LogP contribution in [0.4, 0.5) is 17.1 Å². The molecule has 5 rings (SSSR count). The molecule has 8 N–H and O–H groups in total. The number of benzene rings is 2. The first-order valence-electron chi connectivity index (χ1n) is 10.5. The Morgan fingerprint density at radius 1 is 1.18 bits per heavy atom. The van der Waals surface area contributed by atoms with Crippen molar-refractivity contribution in [1.29, 1.82) is 5.41 Å². The Labute approximate surface area is 198 Å². The van der Waals surface area contributed by atoms with E-state index in [1.165, 1.54) is 22.2 Å². The molecule has 0 radical (unpaired) electrons. The van der Waals surface area contributed by atoms with E-state index in [2.05, 4.69) is 10.5 Å². The monoisotopic (exact) mass is 473 g/mol. The fourth-order valence-electron chi connectivity index (χ4n) is 4.18. The van der Waals surface area contributed by atoms with Crippen LogP contribution in [0.15, 0.2) is 47.4 Å². The van der Waals surface area contributed by atoms with Crippen molar-refractivity contribution in [2.75, 3.05) is 16.9 Å². The van der Waals surface area contributed by atoms with Crippen LogP contribution < -0.4 is 28.3 Å². The third-order valence-electron chi connectivity index (χ3n) is 5.96. The van der Waals surface area contributed by atoms with Gasteiger partial charge in [-0.25, -0.2) is 9.67 Å². The summed E-state index contributed by atoms with van der Waals surface area (Å²) in [5.41, 5.74) is 19.8. The predicted molar refractivity (Wildman–Crippen MR) is 137 cm³/mol. The highest BCUT2D eigenvalue weighted by atomic mass is 32.1. The highest BCUT2D eigenvalue weighted by Crippen LogP contribution is 2.33. The lowest BCUT2D eigenvalue weighted by molar-refractivity contribution is 0.644. The number of nitrogens with one attached hydrogen (secondary N) is 2. The topological polar surface area (TPSA) is 167 Å². The minimum absolute atomic E-state index is 0.215. The first kappa shape index (κ1) is 21.6. The lowest BCUT2D eigenvalue weighted by Gasteiger charge is -2.10. The summed E-state index contributed by atoms with van der Waals surface area (Å²) in [6.07, 6.45) is 3.45. The minimum atomic E-state index is -0.226. The van der Waals surface area contributed by atoms with Crippen LogP contribution >= 0.6 is 11.3 Å². The molecule has 0 atom stereocenters. The van der Waals surface area contributed by atoms with Gasteiger partial charge in [0.25, 0.3) is 5.56 Å². The molecule has 0 aliphatic heterocycles. The number of hydrogen-bond donors (Lipinski definition) is 5. The summed E-state index contributed by atoms with van der Waals surface area (Å²) in [6, 6.07) is 11.0. The molecule has 3 heterocycles. The highest BCUT2D eigenvalue weighted by Gasteiger charge is 2.19.